The van der Waals surface area contributed by atoms with E-state index < -0.39 is 0 Å². The summed E-state index contributed by atoms with van der Waals surface area (Å²) in [6, 6.07) is 2.91. The molecule has 0 saturated heterocycles. The van der Waals surface area contributed by atoms with Crippen molar-refractivity contribution < 1.29 is 0 Å². The quantitative estimate of drug-likeness (QED) is 0.864. The molecule has 1 aliphatic carbocycles. The fraction of sp³-hybridized carbons (Fsp3) is 0.692. The van der Waals surface area contributed by atoms with Crippen molar-refractivity contribution in [3.63, 3.8) is 0 Å². The Morgan fingerprint density at radius 2 is 2.19 bits per heavy atom. The zero-order valence-corrected chi connectivity index (χ0v) is 12.5. The van der Waals surface area contributed by atoms with Crippen LogP contribution < -0.4 is 5.32 Å². The van der Waals surface area contributed by atoms with Crippen LogP contribution in [-0.2, 0) is 6.54 Å². The van der Waals surface area contributed by atoms with Crippen LogP contribution in [0.3, 0.4) is 0 Å². The minimum absolute atomic E-state index is 0.670. The Kier molecular flexibility index (Phi) is 4.45. The Hall–Kier alpha value is 0.140. The third kappa shape index (κ3) is 3.08. The first-order valence-electron chi connectivity index (χ1n) is 6.15. The summed E-state index contributed by atoms with van der Waals surface area (Å²) in [5.74, 6) is 0.907. The van der Waals surface area contributed by atoms with E-state index in [4.69, 9.17) is 0 Å². The molecule has 1 aromatic rings. The fourth-order valence-corrected chi connectivity index (χ4v) is 4.04. The van der Waals surface area contributed by atoms with Gasteiger partial charge in [-0.1, -0.05) is 12.8 Å². The van der Waals surface area contributed by atoms with Crippen LogP contribution in [-0.4, -0.2) is 6.04 Å². The first-order valence-corrected chi connectivity index (χ1v) is 7.76. The van der Waals surface area contributed by atoms with Gasteiger partial charge in [0, 0.05) is 26.8 Å². The number of hydrogen-bond donors (Lipinski definition) is 1. The first kappa shape index (κ1) is 12.6. The van der Waals surface area contributed by atoms with Crippen molar-refractivity contribution in [2.75, 3.05) is 0 Å². The van der Waals surface area contributed by atoms with Crippen LogP contribution in [0.15, 0.2) is 10.5 Å². The van der Waals surface area contributed by atoms with Gasteiger partial charge < -0.3 is 5.32 Å². The summed E-state index contributed by atoms with van der Waals surface area (Å²) < 4.78 is 1.25. The molecule has 16 heavy (non-hydrogen) atoms. The van der Waals surface area contributed by atoms with E-state index in [1.807, 2.05) is 11.3 Å². The molecule has 90 valence electrons. The van der Waals surface area contributed by atoms with Crippen molar-refractivity contribution in [3.8, 4) is 0 Å². The highest BCUT2D eigenvalue weighted by Gasteiger charge is 2.20. The molecule has 0 spiro atoms. The molecule has 0 aliphatic heterocycles. The molecule has 0 amide bonds. The Bertz CT molecular complexity index is 322. The molecular weight excluding hydrogens is 282 g/mol. The summed E-state index contributed by atoms with van der Waals surface area (Å²) in [7, 11) is 0. The number of aryl methyl sites for hydroxylation is 1. The predicted octanol–water partition coefficient (Wildman–Crippen LogP) is 4.49. The maximum Gasteiger partial charge on any atom is 0.0314 e. The lowest BCUT2D eigenvalue weighted by Crippen LogP contribution is -2.31. The predicted molar refractivity (Wildman–Crippen MR) is 75.0 cm³/mol. The maximum absolute atomic E-state index is 3.67. The summed E-state index contributed by atoms with van der Waals surface area (Å²) >= 11 is 5.46. The molecule has 1 aromatic heterocycles. The molecule has 0 unspecified atom stereocenters. The van der Waals surface area contributed by atoms with Crippen LogP contribution in [0.25, 0.3) is 0 Å². The van der Waals surface area contributed by atoms with Crippen molar-refractivity contribution >= 4 is 27.3 Å². The maximum atomic E-state index is 3.67. The number of nitrogens with one attached hydrogen (secondary N) is 1. The molecule has 1 heterocycles. The Morgan fingerprint density at radius 1 is 1.50 bits per heavy atom. The highest BCUT2D eigenvalue weighted by molar-refractivity contribution is 9.10. The normalized spacial score (nSPS) is 19.2. The van der Waals surface area contributed by atoms with Crippen molar-refractivity contribution in [2.45, 2.75) is 52.1 Å². The number of thiophene rings is 1. The third-order valence-electron chi connectivity index (χ3n) is 3.61. The van der Waals surface area contributed by atoms with Crippen molar-refractivity contribution in [1.29, 1.82) is 0 Å². The summed E-state index contributed by atoms with van der Waals surface area (Å²) in [4.78, 5) is 2.82. The lowest BCUT2D eigenvalue weighted by Gasteiger charge is -2.19. The average molecular weight is 302 g/mol. The van der Waals surface area contributed by atoms with Crippen LogP contribution in [0.5, 0.6) is 0 Å². The standard InChI is InChI=1S/C13H20BrNS/c1-9(11-5-3-4-6-11)15-8-12-7-13(14)10(2)16-12/h7,9,11,15H,3-6,8H2,1-2H3/t9-/m0/s1. The fourth-order valence-electron chi connectivity index (χ4n) is 2.49. The second-order valence-corrected chi connectivity index (χ2v) is 7.03. The number of hydrogen-bond acceptors (Lipinski definition) is 2. The highest BCUT2D eigenvalue weighted by atomic mass is 79.9. The van der Waals surface area contributed by atoms with Gasteiger partial charge >= 0.3 is 0 Å². The molecule has 1 saturated carbocycles. The van der Waals surface area contributed by atoms with Crippen molar-refractivity contribution in [1.82, 2.24) is 5.32 Å². The molecule has 1 atom stereocenters. The molecule has 1 nitrogen and oxygen atoms in total. The second-order valence-electron chi connectivity index (χ2n) is 4.83. The van der Waals surface area contributed by atoms with Crippen molar-refractivity contribution in [3.05, 3.63) is 20.3 Å². The van der Waals surface area contributed by atoms with E-state index in [1.165, 1.54) is 39.9 Å². The smallest absolute Gasteiger partial charge is 0.0314 e. The zero-order valence-electron chi connectivity index (χ0n) is 10.1. The van der Waals surface area contributed by atoms with Crippen LogP contribution in [0.1, 0.15) is 42.4 Å². The van der Waals surface area contributed by atoms with Gasteiger partial charge in [-0.2, -0.15) is 0 Å². The minimum atomic E-state index is 0.670. The minimum Gasteiger partial charge on any atom is -0.309 e. The SMILES string of the molecule is Cc1sc(CN[C@@H](C)C2CCCC2)cc1Br. The summed E-state index contributed by atoms with van der Waals surface area (Å²) in [5.41, 5.74) is 0. The van der Waals surface area contributed by atoms with E-state index in [9.17, 15) is 0 Å². The van der Waals surface area contributed by atoms with Crippen molar-refractivity contribution in [2.24, 2.45) is 5.92 Å². The van der Waals surface area contributed by atoms with Crippen LogP contribution in [0.2, 0.25) is 0 Å². The van der Waals surface area contributed by atoms with Gasteiger partial charge in [0.05, 0.1) is 0 Å². The summed E-state index contributed by atoms with van der Waals surface area (Å²) in [6.07, 6.45) is 5.70. The van der Waals surface area contributed by atoms with E-state index in [1.54, 1.807) is 0 Å². The van der Waals surface area contributed by atoms with Gasteiger partial charge in [0.15, 0.2) is 0 Å². The second kappa shape index (κ2) is 5.65. The first-order chi connectivity index (χ1) is 7.66. The number of halogens is 1. The van der Waals surface area contributed by atoms with Gasteiger partial charge in [-0.25, -0.2) is 0 Å². The van der Waals surface area contributed by atoms with Gasteiger partial charge in [0.25, 0.3) is 0 Å². The largest absolute Gasteiger partial charge is 0.309 e. The Balaban J connectivity index is 1.82. The third-order valence-corrected chi connectivity index (χ3v) is 5.75. The van der Waals surface area contributed by atoms with E-state index >= 15 is 0 Å². The van der Waals surface area contributed by atoms with Gasteiger partial charge in [-0.15, -0.1) is 11.3 Å². The van der Waals surface area contributed by atoms with Gasteiger partial charge in [0.2, 0.25) is 0 Å². The molecule has 1 fully saturated rings. The molecule has 3 heteroatoms. The highest BCUT2D eigenvalue weighted by Crippen LogP contribution is 2.29. The summed E-state index contributed by atoms with van der Waals surface area (Å²) in [5, 5.41) is 3.67. The van der Waals surface area contributed by atoms with E-state index in [0.717, 1.165) is 12.5 Å². The molecule has 0 bridgehead atoms. The van der Waals surface area contributed by atoms with Gasteiger partial charge in [-0.3, -0.25) is 0 Å². The molecule has 0 radical (unpaired) electrons. The monoisotopic (exact) mass is 301 g/mol. The Labute approximate surface area is 111 Å². The molecule has 2 rings (SSSR count). The van der Waals surface area contributed by atoms with Crippen LogP contribution in [0, 0.1) is 12.8 Å². The van der Waals surface area contributed by atoms with E-state index in [2.05, 4.69) is 41.2 Å². The molecular formula is C13H20BrNS. The number of rotatable bonds is 4. The van der Waals surface area contributed by atoms with Crippen LogP contribution in [0.4, 0.5) is 0 Å². The Morgan fingerprint density at radius 3 is 2.75 bits per heavy atom. The summed E-state index contributed by atoms with van der Waals surface area (Å²) in [6.45, 7) is 5.53. The molecule has 0 aromatic carbocycles. The van der Waals surface area contributed by atoms with Gasteiger partial charge in [-0.05, 0) is 54.6 Å². The van der Waals surface area contributed by atoms with Crippen LogP contribution >= 0.6 is 27.3 Å². The lowest BCUT2D eigenvalue weighted by atomic mass is 10.00. The average Bonchev–Trinajstić information content (AvgIpc) is 2.86. The van der Waals surface area contributed by atoms with Gasteiger partial charge in [0.1, 0.15) is 0 Å². The lowest BCUT2D eigenvalue weighted by molar-refractivity contribution is 0.381. The zero-order chi connectivity index (χ0) is 11.5. The molecule has 1 aliphatic rings. The van der Waals surface area contributed by atoms with E-state index in [-0.39, 0.29) is 0 Å². The van der Waals surface area contributed by atoms with E-state index in [0.29, 0.717) is 6.04 Å². The topological polar surface area (TPSA) is 12.0 Å². The molecule has 1 N–H and O–H groups in total.